The van der Waals surface area contributed by atoms with Crippen LogP contribution in [0.2, 0.25) is 5.02 Å². The summed E-state index contributed by atoms with van der Waals surface area (Å²) in [6.45, 7) is 0.739. The molecule has 0 radical (unpaired) electrons. The zero-order valence-corrected chi connectivity index (χ0v) is 17.0. The van der Waals surface area contributed by atoms with Crippen molar-refractivity contribution in [2.75, 3.05) is 37.7 Å². The Morgan fingerprint density at radius 2 is 1.80 bits per heavy atom. The number of esters is 1. The molecule has 0 atom stereocenters. The van der Waals surface area contributed by atoms with E-state index in [0.717, 1.165) is 31.5 Å². The van der Waals surface area contributed by atoms with Crippen LogP contribution >= 0.6 is 11.6 Å². The van der Waals surface area contributed by atoms with Gasteiger partial charge in [0, 0.05) is 32.4 Å². The van der Waals surface area contributed by atoms with Gasteiger partial charge < -0.3 is 19.6 Å². The molecule has 1 saturated carbocycles. The van der Waals surface area contributed by atoms with E-state index in [1.54, 1.807) is 4.90 Å². The lowest BCUT2D eigenvalue weighted by atomic mass is 9.85. The molecule has 1 N–H and O–H groups in total. The third-order valence-electron chi connectivity index (χ3n) is 5.47. The van der Waals surface area contributed by atoms with Gasteiger partial charge in [-0.1, -0.05) is 18.0 Å². The second-order valence-electron chi connectivity index (χ2n) is 7.56. The highest BCUT2D eigenvalue weighted by Crippen LogP contribution is 2.34. The average Bonchev–Trinajstić information content (AvgIpc) is 2.71. The van der Waals surface area contributed by atoms with E-state index in [9.17, 15) is 27.9 Å². The molecule has 1 aliphatic heterocycles. The SMILES string of the molecule is O=C(COC(=O)C1(O)CCCCC1)N1CCN(c2ncc(C(F)(F)F)cc2Cl)CC1. The van der Waals surface area contributed by atoms with E-state index >= 15 is 0 Å². The minimum atomic E-state index is -4.53. The fourth-order valence-electron chi connectivity index (χ4n) is 3.68. The lowest BCUT2D eigenvalue weighted by Crippen LogP contribution is -2.51. The van der Waals surface area contributed by atoms with Crippen LogP contribution in [0.5, 0.6) is 0 Å². The first-order valence-corrected chi connectivity index (χ1v) is 10.1. The number of rotatable bonds is 4. The number of piperazine rings is 1. The summed E-state index contributed by atoms with van der Waals surface area (Å²) in [5, 5.41) is 10.2. The lowest BCUT2D eigenvalue weighted by Gasteiger charge is -2.36. The Morgan fingerprint density at radius 3 is 2.37 bits per heavy atom. The number of hydrogen-bond donors (Lipinski definition) is 1. The Labute approximate surface area is 176 Å². The molecule has 2 heterocycles. The van der Waals surface area contributed by atoms with Crippen LogP contribution in [0.25, 0.3) is 0 Å². The highest BCUT2D eigenvalue weighted by Gasteiger charge is 2.39. The zero-order valence-electron chi connectivity index (χ0n) is 16.3. The topological polar surface area (TPSA) is 83.0 Å². The molecular weight excluding hydrogens is 427 g/mol. The number of ether oxygens (including phenoxy) is 1. The van der Waals surface area contributed by atoms with Crippen LogP contribution in [0.4, 0.5) is 19.0 Å². The van der Waals surface area contributed by atoms with Crippen LogP contribution in [0.1, 0.15) is 37.7 Å². The fraction of sp³-hybridized carbons (Fsp3) is 0.632. The fourth-order valence-corrected chi connectivity index (χ4v) is 3.97. The molecule has 7 nitrogen and oxygen atoms in total. The quantitative estimate of drug-likeness (QED) is 0.712. The molecule has 2 fully saturated rings. The number of carbonyl (C=O) groups is 2. The van der Waals surface area contributed by atoms with Crippen molar-refractivity contribution in [1.82, 2.24) is 9.88 Å². The van der Waals surface area contributed by atoms with Gasteiger partial charge in [0.15, 0.2) is 12.2 Å². The van der Waals surface area contributed by atoms with Gasteiger partial charge in [0.05, 0.1) is 10.6 Å². The number of pyridine rings is 1. The highest BCUT2D eigenvalue weighted by molar-refractivity contribution is 6.33. The number of alkyl halides is 3. The van der Waals surface area contributed by atoms with Crippen molar-refractivity contribution in [2.24, 2.45) is 0 Å². The maximum atomic E-state index is 12.7. The molecule has 3 rings (SSSR count). The molecule has 166 valence electrons. The summed E-state index contributed by atoms with van der Waals surface area (Å²) >= 11 is 5.97. The van der Waals surface area contributed by atoms with Gasteiger partial charge in [-0.05, 0) is 31.7 Å². The van der Waals surface area contributed by atoms with Crippen molar-refractivity contribution in [3.05, 3.63) is 22.8 Å². The Balaban J connectivity index is 1.50. The standard InChI is InChI=1S/C19H23ClF3N3O4/c20-14-10-13(19(21,22)23)11-24-16(14)26-8-6-25(7-9-26)15(27)12-30-17(28)18(29)4-2-1-3-5-18/h10-11,29H,1-9,12H2. The first-order chi connectivity index (χ1) is 14.1. The second kappa shape index (κ2) is 8.97. The summed E-state index contributed by atoms with van der Waals surface area (Å²) in [6.07, 6.45) is -0.698. The molecule has 0 bridgehead atoms. The molecule has 1 aromatic rings. The Morgan fingerprint density at radius 1 is 1.17 bits per heavy atom. The number of carbonyl (C=O) groups excluding carboxylic acids is 2. The van der Waals surface area contributed by atoms with E-state index in [4.69, 9.17) is 16.3 Å². The van der Waals surface area contributed by atoms with E-state index in [1.165, 1.54) is 4.90 Å². The summed E-state index contributed by atoms with van der Waals surface area (Å²) in [7, 11) is 0. The number of aliphatic hydroxyl groups is 1. The summed E-state index contributed by atoms with van der Waals surface area (Å²) in [5.41, 5.74) is -2.44. The molecule has 11 heteroatoms. The van der Waals surface area contributed by atoms with Crippen LogP contribution in [0.15, 0.2) is 12.3 Å². The molecule has 1 saturated heterocycles. The van der Waals surface area contributed by atoms with E-state index in [0.29, 0.717) is 25.9 Å². The third-order valence-corrected chi connectivity index (χ3v) is 5.75. The highest BCUT2D eigenvalue weighted by atomic mass is 35.5. The Kier molecular flexibility index (Phi) is 6.76. The van der Waals surface area contributed by atoms with Gasteiger partial charge in [0.2, 0.25) is 0 Å². The Hall–Kier alpha value is -2.07. The maximum absolute atomic E-state index is 12.7. The zero-order chi connectivity index (χ0) is 21.9. The van der Waals surface area contributed by atoms with Crippen molar-refractivity contribution >= 4 is 29.3 Å². The predicted molar refractivity (Wildman–Crippen MR) is 102 cm³/mol. The van der Waals surface area contributed by atoms with Crippen LogP contribution in [0, 0.1) is 0 Å². The first kappa shape index (κ1) is 22.6. The molecule has 1 amide bonds. The van der Waals surface area contributed by atoms with Crippen molar-refractivity contribution in [2.45, 2.75) is 43.9 Å². The maximum Gasteiger partial charge on any atom is 0.417 e. The Bertz CT molecular complexity index is 792. The predicted octanol–water partition coefficient (Wildman–Crippen LogP) is 2.64. The number of hydrogen-bond acceptors (Lipinski definition) is 6. The minimum absolute atomic E-state index is 0.112. The van der Waals surface area contributed by atoms with E-state index in [-0.39, 0.29) is 23.9 Å². The largest absolute Gasteiger partial charge is 0.453 e. The minimum Gasteiger partial charge on any atom is -0.453 e. The van der Waals surface area contributed by atoms with Crippen molar-refractivity contribution < 1.29 is 32.6 Å². The van der Waals surface area contributed by atoms with Gasteiger partial charge in [-0.15, -0.1) is 0 Å². The molecule has 30 heavy (non-hydrogen) atoms. The van der Waals surface area contributed by atoms with Crippen LogP contribution in [-0.4, -0.2) is 65.3 Å². The van der Waals surface area contributed by atoms with Gasteiger partial charge in [-0.25, -0.2) is 9.78 Å². The number of amides is 1. The molecule has 1 aromatic heterocycles. The monoisotopic (exact) mass is 449 g/mol. The van der Waals surface area contributed by atoms with Crippen LogP contribution in [0.3, 0.4) is 0 Å². The van der Waals surface area contributed by atoms with Crippen LogP contribution < -0.4 is 4.90 Å². The van der Waals surface area contributed by atoms with Gasteiger partial charge in [0.25, 0.3) is 5.91 Å². The number of nitrogens with zero attached hydrogens (tertiary/aromatic N) is 3. The molecule has 0 unspecified atom stereocenters. The molecular formula is C19H23ClF3N3O4. The van der Waals surface area contributed by atoms with Crippen molar-refractivity contribution in [3.63, 3.8) is 0 Å². The molecule has 0 spiro atoms. The van der Waals surface area contributed by atoms with Crippen molar-refractivity contribution in [3.8, 4) is 0 Å². The van der Waals surface area contributed by atoms with Gasteiger partial charge >= 0.3 is 12.1 Å². The summed E-state index contributed by atoms with van der Waals surface area (Å²) in [6, 6.07) is 0.830. The first-order valence-electron chi connectivity index (χ1n) is 9.75. The number of anilines is 1. The van der Waals surface area contributed by atoms with E-state index in [1.807, 2.05) is 0 Å². The van der Waals surface area contributed by atoms with E-state index < -0.39 is 35.8 Å². The van der Waals surface area contributed by atoms with Crippen LogP contribution in [-0.2, 0) is 20.5 Å². The second-order valence-corrected chi connectivity index (χ2v) is 7.97. The average molecular weight is 450 g/mol. The van der Waals surface area contributed by atoms with E-state index in [2.05, 4.69) is 4.98 Å². The molecule has 0 aromatic carbocycles. The molecule has 1 aliphatic carbocycles. The summed E-state index contributed by atoms with van der Waals surface area (Å²) in [5.74, 6) is -0.938. The normalized spacial score (nSPS) is 19.5. The third kappa shape index (κ3) is 5.15. The van der Waals surface area contributed by atoms with Crippen molar-refractivity contribution in [1.29, 1.82) is 0 Å². The molecule has 2 aliphatic rings. The smallest absolute Gasteiger partial charge is 0.417 e. The van der Waals surface area contributed by atoms with Gasteiger partial charge in [0.1, 0.15) is 5.82 Å². The van der Waals surface area contributed by atoms with Gasteiger partial charge in [-0.2, -0.15) is 13.2 Å². The lowest BCUT2D eigenvalue weighted by molar-refractivity contribution is -0.172. The number of aromatic nitrogens is 1. The summed E-state index contributed by atoms with van der Waals surface area (Å²) in [4.78, 5) is 31.5. The van der Waals surface area contributed by atoms with Gasteiger partial charge in [-0.3, -0.25) is 4.79 Å². The number of halogens is 4. The summed E-state index contributed by atoms with van der Waals surface area (Å²) < 4.78 is 43.3.